The lowest BCUT2D eigenvalue weighted by Crippen LogP contribution is -2.51. The molecule has 1 aliphatic carbocycles. The molecule has 1 saturated heterocycles. The van der Waals surface area contributed by atoms with Crippen LogP contribution in [-0.2, 0) is 19.2 Å². The molecule has 1 unspecified atom stereocenters. The summed E-state index contributed by atoms with van der Waals surface area (Å²) in [6, 6.07) is 9.20. The van der Waals surface area contributed by atoms with Crippen molar-refractivity contribution >= 4 is 52.8 Å². The van der Waals surface area contributed by atoms with E-state index in [4.69, 9.17) is 42.5 Å². The maximum atomic E-state index is 12.5. The number of rotatable bonds is 7. The zero-order valence-electron chi connectivity index (χ0n) is 22.7. The first-order chi connectivity index (χ1) is 20.3. The number of carbonyl (C=O) groups is 4. The molecule has 6 N–H and O–H groups in total. The fourth-order valence-electron chi connectivity index (χ4n) is 3.76. The van der Waals surface area contributed by atoms with Crippen molar-refractivity contribution in [1.82, 2.24) is 15.2 Å². The summed E-state index contributed by atoms with van der Waals surface area (Å²) >= 11 is 7.44. The predicted molar refractivity (Wildman–Crippen MR) is 146 cm³/mol. The number of carboxylic acid groups (broad SMARTS) is 2. The zero-order valence-corrected chi connectivity index (χ0v) is 24.3. The third-order valence-corrected chi connectivity index (χ3v) is 7.26. The molecule has 1 aromatic carbocycles. The summed E-state index contributed by atoms with van der Waals surface area (Å²) in [5, 5.41) is 31.8. The number of nitrogens with two attached hydrogens (primary N) is 1. The van der Waals surface area contributed by atoms with Gasteiger partial charge in [0.05, 0.1) is 25.0 Å². The van der Waals surface area contributed by atoms with Crippen LogP contribution >= 0.6 is 23.4 Å². The summed E-state index contributed by atoms with van der Waals surface area (Å²) in [4.78, 5) is 44.0. The van der Waals surface area contributed by atoms with Crippen LogP contribution in [-0.4, -0.2) is 99.1 Å². The Hall–Kier alpha value is -3.31. The van der Waals surface area contributed by atoms with Crippen LogP contribution in [0, 0.1) is 11.3 Å². The molecule has 2 fully saturated rings. The largest absolute Gasteiger partial charge is 0.490 e. The fraction of sp³-hybridized carbons (Fsp3) is 0.542. The number of hydrazine groups is 1. The Labute approximate surface area is 256 Å². The van der Waals surface area contributed by atoms with E-state index in [0.29, 0.717) is 22.3 Å². The molecular formula is C24H29ClF6N6O6S. The molecule has 1 aromatic rings. The van der Waals surface area contributed by atoms with Crippen LogP contribution in [0.15, 0.2) is 24.3 Å². The number of nitrogens with zero attached hydrogens (tertiary/aromatic N) is 3. The summed E-state index contributed by atoms with van der Waals surface area (Å²) in [5.74, 6) is 1.69. The van der Waals surface area contributed by atoms with Crippen LogP contribution in [0.1, 0.15) is 25.7 Å². The summed E-state index contributed by atoms with van der Waals surface area (Å²) in [6.45, 7) is 0.371. The van der Waals surface area contributed by atoms with Crippen LogP contribution < -0.4 is 16.5 Å². The first-order valence-corrected chi connectivity index (χ1v) is 14.1. The molecule has 2 amide bonds. The van der Waals surface area contributed by atoms with Crippen molar-refractivity contribution in [3.8, 4) is 6.07 Å². The molecule has 0 spiro atoms. The number of thioether (sulfide) groups is 1. The lowest BCUT2D eigenvalue weighted by molar-refractivity contribution is -0.193. The van der Waals surface area contributed by atoms with Crippen molar-refractivity contribution in [2.45, 2.75) is 56.2 Å². The van der Waals surface area contributed by atoms with Crippen LogP contribution in [0.3, 0.4) is 0 Å². The second-order valence-corrected chi connectivity index (χ2v) is 10.7. The van der Waals surface area contributed by atoms with Crippen LogP contribution in [0.2, 0.25) is 5.02 Å². The van der Waals surface area contributed by atoms with Gasteiger partial charge in [-0.3, -0.25) is 15.4 Å². The number of alkyl halides is 6. The van der Waals surface area contributed by atoms with Gasteiger partial charge in [0.2, 0.25) is 11.8 Å². The topological polar surface area (TPSA) is 189 Å². The Morgan fingerprint density at radius 3 is 1.98 bits per heavy atom. The molecule has 1 saturated carbocycles. The number of hydrogen-bond donors (Lipinski definition) is 5. The van der Waals surface area contributed by atoms with Crippen molar-refractivity contribution in [3.63, 3.8) is 0 Å². The van der Waals surface area contributed by atoms with Crippen LogP contribution in [0.25, 0.3) is 0 Å². The number of nitriles is 1. The van der Waals surface area contributed by atoms with Gasteiger partial charge in [0, 0.05) is 28.5 Å². The Bertz CT molecular complexity index is 1140. The Kier molecular flexibility index (Phi) is 15.7. The zero-order chi connectivity index (χ0) is 33.7. The van der Waals surface area contributed by atoms with Gasteiger partial charge in [-0.15, -0.1) is 11.8 Å². The SMILES string of the molecule is N#CC1CSCN1C(=O)CN(N)C1CCC(NCC(=O)Nc2ccc(Cl)cc2)CC1.O=C(O)C(F)(F)F.O=C(O)C(F)(F)F. The smallest absolute Gasteiger partial charge is 0.475 e. The quantitative estimate of drug-likeness (QED) is 0.162. The number of aliphatic carboxylic acids is 2. The summed E-state index contributed by atoms with van der Waals surface area (Å²) in [6.07, 6.45) is -6.67. The highest BCUT2D eigenvalue weighted by atomic mass is 35.5. The highest BCUT2D eigenvalue weighted by Crippen LogP contribution is 2.24. The van der Waals surface area contributed by atoms with E-state index in [1.807, 2.05) is 0 Å². The number of halogens is 7. The van der Waals surface area contributed by atoms with Gasteiger partial charge < -0.3 is 25.7 Å². The van der Waals surface area contributed by atoms with E-state index in [0.717, 1.165) is 25.7 Å². The third-order valence-electron chi connectivity index (χ3n) is 6.00. The van der Waals surface area contributed by atoms with Gasteiger partial charge in [0.1, 0.15) is 6.04 Å². The predicted octanol–water partition coefficient (Wildman–Crippen LogP) is 3.05. The van der Waals surface area contributed by atoms with Crippen molar-refractivity contribution in [1.29, 1.82) is 5.26 Å². The van der Waals surface area contributed by atoms with Gasteiger partial charge in [0.15, 0.2) is 0 Å². The number of carboxylic acids is 2. The molecule has 2 aliphatic rings. The minimum absolute atomic E-state index is 0.0897. The van der Waals surface area contributed by atoms with Crippen molar-refractivity contribution in [2.75, 3.05) is 30.0 Å². The highest BCUT2D eigenvalue weighted by Gasteiger charge is 2.39. The van der Waals surface area contributed by atoms with Gasteiger partial charge in [-0.1, -0.05) is 11.6 Å². The van der Waals surface area contributed by atoms with E-state index in [1.165, 1.54) is 0 Å². The number of carbonyl (C=O) groups excluding carboxylic acids is 2. The average molecular weight is 679 g/mol. The van der Waals surface area contributed by atoms with Crippen molar-refractivity contribution < 1.29 is 55.7 Å². The molecule has 44 heavy (non-hydrogen) atoms. The minimum Gasteiger partial charge on any atom is -0.475 e. The minimum atomic E-state index is -5.08. The number of hydrogen-bond acceptors (Lipinski definition) is 9. The number of nitrogens with one attached hydrogen (secondary N) is 2. The summed E-state index contributed by atoms with van der Waals surface area (Å²) < 4.78 is 63.5. The third kappa shape index (κ3) is 14.4. The number of benzene rings is 1. The molecule has 0 aromatic heterocycles. The van der Waals surface area contributed by atoms with Crippen molar-refractivity contribution in [3.05, 3.63) is 29.3 Å². The molecule has 0 radical (unpaired) electrons. The molecule has 1 aliphatic heterocycles. The Morgan fingerprint density at radius 1 is 1.02 bits per heavy atom. The summed E-state index contributed by atoms with van der Waals surface area (Å²) in [5.41, 5.74) is 0.716. The normalized spacial score (nSPS) is 19.9. The van der Waals surface area contributed by atoms with Gasteiger partial charge >= 0.3 is 24.3 Å². The van der Waals surface area contributed by atoms with Gasteiger partial charge in [0.25, 0.3) is 0 Å². The Morgan fingerprint density at radius 2 is 1.52 bits per heavy atom. The van der Waals surface area contributed by atoms with E-state index in [9.17, 15) is 35.9 Å². The Balaban J connectivity index is 0.000000574. The molecule has 1 atom stereocenters. The second-order valence-electron chi connectivity index (χ2n) is 9.23. The summed E-state index contributed by atoms with van der Waals surface area (Å²) in [7, 11) is 0. The highest BCUT2D eigenvalue weighted by molar-refractivity contribution is 7.99. The molecule has 0 bridgehead atoms. The van der Waals surface area contributed by atoms with Gasteiger partial charge in [-0.2, -0.15) is 31.6 Å². The van der Waals surface area contributed by atoms with E-state index in [2.05, 4.69) is 16.7 Å². The first-order valence-electron chi connectivity index (χ1n) is 12.5. The van der Waals surface area contributed by atoms with Crippen LogP contribution in [0.5, 0.6) is 0 Å². The number of anilines is 1. The molecule has 20 heteroatoms. The standard InChI is InChI=1S/C20H27ClN6O2S.2C2HF3O2/c21-14-1-3-16(4-2-14)25-19(28)10-24-15-5-7-17(8-6-15)27(23)11-20(29)26-13-30-12-18(26)9-22;2*3-2(4,5)1(6)7/h1-4,15,17-18,24H,5-8,10-13,23H2,(H,25,28);2*(H,6,7). The number of amides is 2. The lowest BCUT2D eigenvalue weighted by Gasteiger charge is -2.35. The average Bonchev–Trinajstić information content (AvgIpc) is 3.42. The molecule has 246 valence electrons. The van der Waals surface area contributed by atoms with E-state index >= 15 is 0 Å². The molecular weight excluding hydrogens is 650 g/mol. The maximum Gasteiger partial charge on any atom is 0.490 e. The second kappa shape index (κ2) is 17.9. The van der Waals surface area contributed by atoms with E-state index in [-0.39, 0.29) is 43.0 Å². The maximum absolute atomic E-state index is 12.5. The lowest BCUT2D eigenvalue weighted by atomic mass is 9.90. The van der Waals surface area contributed by atoms with Gasteiger partial charge in [-0.05, 0) is 49.9 Å². The molecule has 12 nitrogen and oxygen atoms in total. The first kappa shape index (κ1) is 38.7. The van der Waals surface area contributed by atoms with E-state index < -0.39 is 24.3 Å². The molecule has 1 heterocycles. The fourth-order valence-corrected chi connectivity index (χ4v) is 4.99. The van der Waals surface area contributed by atoms with Gasteiger partial charge in [-0.25, -0.2) is 14.6 Å². The van der Waals surface area contributed by atoms with Crippen LogP contribution in [0.4, 0.5) is 32.0 Å². The van der Waals surface area contributed by atoms with E-state index in [1.54, 1.807) is 45.9 Å². The van der Waals surface area contributed by atoms with Crippen molar-refractivity contribution in [2.24, 2.45) is 5.84 Å². The molecule has 3 rings (SSSR count). The monoisotopic (exact) mass is 678 g/mol.